The van der Waals surface area contributed by atoms with Crippen molar-refractivity contribution in [3.8, 4) is 5.75 Å². The van der Waals surface area contributed by atoms with Crippen LogP contribution in [0, 0.1) is 10.1 Å². The van der Waals surface area contributed by atoms with E-state index in [1.807, 2.05) is 11.9 Å². The molecule has 1 fully saturated rings. The Bertz CT molecular complexity index is 1090. The van der Waals surface area contributed by atoms with E-state index in [0.29, 0.717) is 25.4 Å². The van der Waals surface area contributed by atoms with E-state index in [-0.39, 0.29) is 35.7 Å². The molecule has 1 aliphatic heterocycles. The molecule has 0 radical (unpaired) electrons. The van der Waals surface area contributed by atoms with Crippen LogP contribution in [0.2, 0.25) is 0 Å². The molecule has 8 nitrogen and oxygen atoms in total. The van der Waals surface area contributed by atoms with Crippen LogP contribution in [-0.4, -0.2) is 66.3 Å². The predicted molar refractivity (Wildman–Crippen MR) is 135 cm³/mol. The number of anilines is 1. The first kappa shape index (κ1) is 28.7. The number of amides is 1. The summed E-state index contributed by atoms with van der Waals surface area (Å²) in [5, 5.41) is 13.9. The molecule has 1 amide bonds. The van der Waals surface area contributed by atoms with Crippen molar-refractivity contribution in [3.05, 3.63) is 63.2 Å². The zero-order valence-corrected chi connectivity index (χ0v) is 21.3. The van der Waals surface area contributed by atoms with Crippen molar-refractivity contribution < 1.29 is 27.6 Å². The number of nitrogens with one attached hydrogen (secondary N) is 1. The lowest BCUT2D eigenvalue weighted by atomic mass is 10.0. The number of hydrogen-bond donors (Lipinski definition) is 1. The lowest BCUT2D eigenvalue weighted by Gasteiger charge is -2.33. The summed E-state index contributed by atoms with van der Waals surface area (Å²) in [5.74, 6) is -0.232. The minimum Gasteiger partial charge on any atom is -0.487 e. The Morgan fingerprint density at radius 1 is 1.11 bits per heavy atom. The second-order valence-corrected chi connectivity index (χ2v) is 9.32. The Balaban J connectivity index is 1.73. The van der Waals surface area contributed by atoms with Crippen LogP contribution >= 0.6 is 11.6 Å². The number of nitrogens with zero attached hydrogens (tertiary/aromatic N) is 3. The van der Waals surface area contributed by atoms with Crippen molar-refractivity contribution in [1.29, 1.82) is 0 Å². The Labute approximate surface area is 218 Å². The third-order valence-electron chi connectivity index (χ3n) is 6.12. The molecule has 0 aliphatic carbocycles. The van der Waals surface area contributed by atoms with Gasteiger partial charge in [0.2, 0.25) is 0 Å². The molecule has 202 valence electrons. The zero-order chi connectivity index (χ0) is 27.0. The standard InChI is InChI=1S/C25H30ClF3N4O4/c1-31-10-12-32(13-11-31)17-19-5-7-20(16-21(19)25(27,28)29)30-24(34)18-6-8-23(22(15-18)33(35)36)37-14-4-2-3-9-26/h5-8,15-16H,2-4,9-14,17H2,1H3,(H,30,34). The van der Waals surface area contributed by atoms with E-state index >= 15 is 0 Å². The first-order chi connectivity index (χ1) is 17.6. The minimum absolute atomic E-state index is 0.0139. The van der Waals surface area contributed by atoms with Gasteiger partial charge in [-0.2, -0.15) is 13.2 Å². The van der Waals surface area contributed by atoms with Gasteiger partial charge in [-0.25, -0.2) is 0 Å². The number of ether oxygens (including phenoxy) is 1. The monoisotopic (exact) mass is 542 g/mol. The topological polar surface area (TPSA) is 88.0 Å². The fourth-order valence-corrected chi connectivity index (χ4v) is 4.17. The molecule has 2 aromatic rings. The number of alkyl halides is 4. The molecule has 0 spiro atoms. The summed E-state index contributed by atoms with van der Waals surface area (Å²) in [4.78, 5) is 27.7. The van der Waals surface area contributed by atoms with Crippen LogP contribution in [0.1, 0.15) is 40.7 Å². The van der Waals surface area contributed by atoms with Crippen LogP contribution < -0.4 is 10.1 Å². The highest BCUT2D eigenvalue weighted by Gasteiger charge is 2.34. The highest BCUT2D eigenvalue weighted by molar-refractivity contribution is 6.17. The summed E-state index contributed by atoms with van der Waals surface area (Å²) < 4.78 is 47.0. The largest absolute Gasteiger partial charge is 0.487 e. The van der Waals surface area contributed by atoms with Gasteiger partial charge in [-0.1, -0.05) is 6.07 Å². The maximum Gasteiger partial charge on any atom is 0.416 e. The molecule has 0 unspecified atom stereocenters. The molecule has 1 heterocycles. The van der Waals surface area contributed by atoms with Crippen LogP contribution in [0.3, 0.4) is 0 Å². The summed E-state index contributed by atoms with van der Waals surface area (Å²) in [6.07, 6.45) is -2.33. The number of nitro groups is 1. The number of unbranched alkanes of at least 4 members (excludes halogenated alkanes) is 2. The minimum atomic E-state index is -4.61. The molecule has 2 aromatic carbocycles. The van der Waals surface area contributed by atoms with Gasteiger partial charge in [-0.05, 0) is 56.1 Å². The van der Waals surface area contributed by atoms with Crippen molar-refractivity contribution in [2.24, 2.45) is 0 Å². The van der Waals surface area contributed by atoms with Crippen LogP contribution in [0.25, 0.3) is 0 Å². The Morgan fingerprint density at radius 2 is 1.84 bits per heavy atom. The summed E-state index contributed by atoms with van der Waals surface area (Å²) in [6, 6.07) is 7.37. The lowest BCUT2D eigenvalue weighted by Crippen LogP contribution is -2.44. The van der Waals surface area contributed by atoms with E-state index < -0.39 is 28.3 Å². The molecule has 1 aliphatic rings. The van der Waals surface area contributed by atoms with Gasteiger partial charge in [-0.3, -0.25) is 19.8 Å². The Kier molecular flexibility index (Phi) is 10.1. The Morgan fingerprint density at radius 3 is 2.49 bits per heavy atom. The summed E-state index contributed by atoms with van der Waals surface area (Å²) in [5.41, 5.74) is -1.23. The van der Waals surface area contributed by atoms with Crippen LogP contribution in [0.5, 0.6) is 5.75 Å². The normalized spacial score (nSPS) is 14.9. The van der Waals surface area contributed by atoms with Crippen molar-refractivity contribution in [2.75, 3.05) is 51.0 Å². The van der Waals surface area contributed by atoms with E-state index in [2.05, 4.69) is 10.2 Å². The van der Waals surface area contributed by atoms with Gasteiger partial charge in [-0.15, -0.1) is 11.6 Å². The maximum atomic E-state index is 13.8. The molecule has 0 bridgehead atoms. The van der Waals surface area contributed by atoms with Crippen molar-refractivity contribution in [2.45, 2.75) is 32.0 Å². The van der Waals surface area contributed by atoms with Gasteiger partial charge in [0.25, 0.3) is 5.91 Å². The third kappa shape index (κ3) is 8.31. The smallest absolute Gasteiger partial charge is 0.416 e. The average molecular weight is 543 g/mol. The number of carbonyl (C=O) groups excluding carboxylic acids is 1. The summed E-state index contributed by atoms with van der Waals surface area (Å²) in [7, 11) is 1.97. The third-order valence-corrected chi connectivity index (χ3v) is 6.38. The number of rotatable bonds is 11. The van der Waals surface area contributed by atoms with Crippen LogP contribution in [0.15, 0.2) is 36.4 Å². The highest BCUT2D eigenvalue weighted by atomic mass is 35.5. The lowest BCUT2D eigenvalue weighted by molar-refractivity contribution is -0.385. The quantitative estimate of drug-likeness (QED) is 0.177. The van der Waals surface area contributed by atoms with Crippen molar-refractivity contribution in [1.82, 2.24) is 9.80 Å². The van der Waals surface area contributed by atoms with Gasteiger partial charge in [0.1, 0.15) is 0 Å². The molecule has 0 aromatic heterocycles. The number of hydrogen-bond acceptors (Lipinski definition) is 6. The number of benzene rings is 2. The molecule has 0 atom stereocenters. The van der Waals surface area contributed by atoms with Gasteiger partial charge < -0.3 is 15.0 Å². The number of likely N-dealkylation sites (N-methyl/N-ethyl adjacent to an activating group) is 1. The van der Waals surface area contributed by atoms with Gasteiger partial charge in [0.05, 0.1) is 17.1 Å². The molecule has 1 N–H and O–H groups in total. The first-order valence-corrected chi connectivity index (χ1v) is 12.5. The molecule has 37 heavy (non-hydrogen) atoms. The number of nitro benzene ring substituents is 1. The fraction of sp³-hybridized carbons (Fsp3) is 0.480. The van der Waals surface area contributed by atoms with Crippen molar-refractivity contribution in [3.63, 3.8) is 0 Å². The van der Waals surface area contributed by atoms with E-state index in [1.165, 1.54) is 24.3 Å². The van der Waals surface area contributed by atoms with Crippen molar-refractivity contribution >= 4 is 28.9 Å². The summed E-state index contributed by atoms with van der Waals surface area (Å²) in [6.45, 7) is 3.29. The summed E-state index contributed by atoms with van der Waals surface area (Å²) >= 11 is 5.62. The fourth-order valence-electron chi connectivity index (χ4n) is 3.98. The van der Waals surface area contributed by atoms with E-state index in [4.69, 9.17) is 16.3 Å². The molecular formula is C25H30ClF3N4O4. The van der Waals surface area contributed by atoms with E-state index in [1.54, 1.807) is 0 Å². The highest BCUT2D eigenvalue weighted by Crippen LogP contribution is 2.35. The van der Waals surface area contributed by atoms with E-state index in [9.17, 15) is 28.1 Å². The van der Waals surface area contributed by atoms with Crippen LogP contribution in [-0.2, 0) is 12.7 Å². The first-order valence-electron chi connectivity index (χ1n) is 12.0. The Hall–Kier alpha value is -2.89. The SMILES string of the molecule is CN1CCN(Cc2ccc(NC(=O)c3ccc(OCCCCCCl)c([N+](=O)[O-])c3)cc2C(F)(F)F)CC1. The molecule has 12 heteroatoms. The molecule has 3 rings (SSSR count). The number of piperazine rings is 1. The van der Waals surface area contributed by atoms with Crippen LogP contribution in [0.4, 0.5) is 24.5 Å². The molecule has 0 saturated carbocycles. The van der Waals surface area contributed by atoms with Gasteiger partial charge in [0.15, 0.2) is 5.75 Å². The molecular weight excluding hydrogens is 513 g/mol. The zero-order valence-electron chi connectivity index (χ0n) is 20.5. The number of halogens is 4. The second-order valence-electron chi connectivity index (χ2n) is 8.94. The van der Waals surface area contributed by atoms with Gasteiger partial charge in [0, 0.05) is 55.9 Å². The predicted octanol–water partition coefficient (Wildman–Crippen LogP) is 5.40. The average Bonchev–Trinajstić information content (AvgIpc) is 2.85. The maximum absolute atomic E-state index is 13.8. The molecule has 1 saturated heterocycles. The number of carbonyl (C=O) groups is 1. The van der Waals surface area contributed by atoms with E-state index in [0.717, 1.165) is 38.1 Å². The van der Waals surface area contributed by atoms with Gasteiger partial charge >= 0.3 is 11.9 Å². The second kappa shape index (κ2) is 13.1.